The number of amides is 1. The maximum atomic E-state index is 12.7. The van der Waals surface area contributed by atoms with Gasteiger partial charge in [-0.05, 0) is 61.4 Å². The van der Waals surface area contributed by atoms with Gasteiger partial charge in [0, 0.05) is 49.8 Å². The second-order valence-corrected chi connectivity index (χ2v) is 7.40. The topological polar surface area (TPSA) is 61.4 Å². The molecule has 0 saturated carbocycles. The summed E-state index contributed by atoms with van der Waals surface area (Å²) >= 11 is 0. The van der Waals surface area contributed by atoms with Crippen molar-refractivity contribution in [2.45, 2.75) is 13.8 Å². The first-order valence-electron chi connectivity index (χ1n) is 9.85. The van der Waals surface area contributed by atoms with Gasteiger partial charge in [-0.25, -0.2) is 9.97 Å². The van der Waals surface area contributed by atoms with Crippen molar-refractivity contribution >= 4 is 23.2 Å². The lowest BCUT2D eigenvalue weighted by Crippen LogP contribution is -2.47. The van der Waals surface area contributed by atoms with Gasteiger partial charge in [-0.2, -0.15) is 0 Å². The maximum absolute atomic E-state index is 12.7. The molecule has 0 unspecified atom stereocenters. The van der Waals surface area contributed by atoms with Crippen molar-refractivity contribution in [3.05, 3.63) is 77.6 Å². The van der Waals surface area contributed by atoms with E-state index in [4.69, 9.17) is 0 Å². The maximum Gasteiger partial charge on any atom is 0.255 e. The Morgan fingerprint density at radius 3 is 2.14 bits per heavy atom. The van der Waals surface area contributed by atoms with Gasteiger partial charge < -0.3 is 15.1 Å². The van der Waals surface area contributed by atoms with Crippen LogP contribution in [0.25, 0.3) is 0 Å². The summed E-state index contributed by atoms with van der Waals surface area (Å²) in [5.41, 5.74) is 3.68. The number of pyridine rings is 2. The van der Waals surface area contributed by atoms with Gasteiger partial charge in [0.2, 0.25) is 0 Å². The number of benzene rings is 1. The molecule has 1 amide bonds. The summed E-state index contributed by atoms with van der Waals surface area (Å²) in [5.74, 6) is 1.71. The zero-order chi connectivity index (χ0) is 20.2. The number of hydrogen-bond acceptors (Lipinski definition) is 5. The van der Waals surface area contributed by atoms with Gasteiger partial charge in [-0.1, -0.05) is 12.1 Å². The van der Waals surface area contributed by atoms with Crippen LogP contribution in [0.1, 0.15) is 21.5 Å². The van der Waals surface area contributed by atoms with Gasteiger partial charge in [0.05, 0.1) is 0 Å². The number of nitrogens with zero attached hydrogens (tertiary/aromatic N) is 4. The summed E-state index contributed by atoms with van der Waals surface area (Å²) in [5, 5.41) is 3.00. The molecule has 3 aromatic rings. The van der Waals surface area contributed by atoms with Crippen molar-refractivity contribution in [1.82, 2.24) is 9.97 Å². The Balaban J connectivity index is 1.43. The Morgan fingerprint density at radius 2 is 1.48 bits per heavy atom. The third-order valence-corrected chi connectivity index (χ3v) is 5.06. The Morgan fingerprint density at radius 1 is 0.828 bits per heavy atom. The highest BCUT2D eigenvalue weighted by Crippen LogP contribution is 2.20. The second-order valence-electron chi connectivity index (χ2n) is 7.40. The number of nitrogens with one attached hydrogen (secondary N) is 1. The fourth-order valence-electron chi connectivity index (χ4n) is 3.69. The third-order valence-electron chi connectivity index (χ3n) is 5.06. The molecule has 3 heterocycles. The summed E-state index contributed by atoms with van der Waals surface area (Å²) in [6, 6.07) is 15.6. The smallest absolute Gasteiger partial charge is 0.255 e. The van der Waals surface area contributed by atoms with Crippen LogP contribution in [0.2, 0.25) is 0 Å². The molecule has 0 radical (unpaired) electrons. The highest BCUT2D eigenvalue weighted by molar-refractivity contribution is 6.04. The standard InChI is InChI=1S/C23H25N5O/c1-17-13-18(2)15-20(14-17)26-23(29)19-6-8-25-22(16-19)28-11-9-27(10-12-28)21-5-3-4-7-24-21/h3-8,13-16H,9-12H2,1-2H3,(H,26,29). The number of hydrogen-bond donors (Lipinski definition) is 1. The van der Waals surface area contributed by atoms with Gasteiger partial charge in [-0.15, -0.1) is 0 Å². The third kappa shape index (κ3) is 4.54. The van der Waals surface area contributed by atoms with Crippen LogP contribution < -0.4 is 15.1 Å². The number of aryl methyl sites for hydroxylation is 2. The van der Waals surface area contributed by atoms with E-state index < -0.39 is 0 Å². The second kappa shape index (κ2) is 8.31. The predicted molar refractivity (Wildman–Crippen MR) is 117 cm³/mol. The SMILES string of the molecule is Cc1cc(C)cc(NC(=O)c2ccnc(N3CCN(c4ccccn4)CC3)c2)c1. The van der Waals surface area contributed by atoms with E-state index in [2.05, 4.69) is 31.2 Å². The number of carbonyl (C=O) groups is 1. The fraction of sp³-hybridized carbons (Fsp3) is 0.261. The lowest BCUT2D eigenvalue weighted by atomic mass is 10.1. The highest BCUT2D eigenvalue weighted by atomic mass is 16.1. The Hall–Kier alpha value is -3.41. The van der Waals surface area contributed by atoms with Crippen LogP contribution in [0.5, 0.6) is 0 Å². The van der Waals surface area contributed by atoms with E-state index in [0.29, 0.717) is 5.56 Å². The molecule has 0 spiro atoms. The van der Waals surface area contributed by atoms with E-state index >= 15 is 0 Å². The van der Waals surface area contributed by atoms with Crippen molar-refractivity contribution < 1.29 is 4.79 Å². The molecule has 29 heavy (non-hydrogen) atoms. The zero-order valence-electron chi connectivity index (χ0n) is 16.8. The first-order valence-corrected chi connectivity index (χ1v) is 9.85. The van der Waals surface area contributed by atoms with Crippen LogP contribution in [-0.4, -0.2) is 42.1 Å². The molecular weight excluding hydrogens is 362 g/mol. The van der Waals surface area contributed by atoms with Crippen molar-refractivity contribution in [2.24, 2.45) is 0 Å². The first-order chi connectivity index (χ1) is 14.1. The molecule has 148 valence electrons. The van der Waals surface area contributed by atoms with Crippen LogP contribution in [0.4, 0.5) is 17.3 Å². The summed E-state index contributed by atoms with van der Waals surface area (Å²) in [7, 11) is 0. The molecular formula is C23H25N5O. The molecule has 1 fully saturated rings. The van der Waals surface area contributed by atoms with E-state index in [-0.39, 0.29) is 5.91 Å². The lowest BCUT2D eigenvalue weighted by molar-refractivity contribution is 0.102. The highest BCUT2D eigenvalue weighted by Gasteiger charge is 2.20. The van der Waals surface area contributed by atoms with Gasteiger partial charge >= 0.3 is 0 Å². The molecule has 1 aliphatic heterocycles. The van der Waals surface area contributed by atoms with Crippen molar-refractivity contribution in [3.63, 3.8) is 0 Å². The van der Waals surface area contributed by atoms with E-state index in [1.54, 1.807) is 12.3 Å². The minimum absolute atomic E-state index is 0.120. The molecule has 0 atom stereocenters. The minimum Gasteiger partial charge on any atom is -0.353 e. The quantitative estimate of drug-likeness (QED) is 0.740. The summed E-state index contributed by atoms with van der Waals surface area (Å²) < 4.78 is 0. The number of piperazine rings is 1. The summed E-state index contributed by atoms with van der Waals surface area (Å²) in [4.78, 5) is 26.1. The summed E-state index contributed by atoms with van der Waals surface area (Å²) in [6.45, 7) is 7.47. The molecule has 1 aliphatic rings. The molecule has 2 aromatic heterocycles. The predicted octanol–water partition coefficient (Wildman–Crippen LogP) is 3.67. The molecule has 1 saturated heterocycles. The zero-order valence-corrected chi connectivity index (χ0v) is 16.8. The molecule has 6 heteroatoms. The van der Waals surface area contributed by atoms with Crippen LogP contribution in [0, 0.1) is 13.8 Å². The molecule has 6 nitrogen and oxygen atoms in total. The van der Waals surface area contributed by atoms with Gasteiger partial charge in [0.15, 0.2) is 0 Å². The molecule has 4 rings (SSSR count). The van der Waals surface area contributed by atoms with Crippen LogP contribution in [-0.2, 0) is 0 Å². The Bertz CT molecular complexity index is 977. The van der Waals surface area contributed by atoms with E-state index in [9.17, 15) is 4.79 Å². The largest absolute Gasteiger partial charge is 0.353 e. The van der Waals surface area contributed by atoms with E-state index in [1.165, 1.54) is 0 Å². The van der Waals surface area contributed by atoms with Crippen LogP contribution >= 0.6 is 0 Å². The van der Waals surface area contributed by atoms with Gasteiger partial charge in [0.1, 0.15) is 11.6 Å². The number of carbonyl (C=O) groups excluding carboxylic acids is 1. The monoisotopic (exact) mass is 387 g/mol. The Labute approximate surface area is 171 Å². The minimum atomic E-state index is -0.120. The molecule has 0 bridgehead atoms. The number of anilines is 3. The van der Waals surface area contributed by atoms with E-state index in [1.807, 2.05) is 56.4 Å². The number of rotatable bonds is 4. The van der Waals surface area contributed by atoms with Crippen LogP contribution in [0.15, 0.2) is 60.9 Å². The average molecular weight is 387 g/mol. The molecule has 0 aliphatic carbocycles. The fourth-order valence-corrected chi connectivity index (χ4v) is 3.69. The van der Waals surface area contributed by atoms with Crippen molar-refractivity contribution in [2.75, 3.05) is 41.3 Å². The first kappa shape index (κ1) is 18.9. The van der Waals surface area contributed by atoms with Gasteiger partial charge in [0.25, 0.3) is 5.91 Å². The van der Waals surface area contributed by atoms with Gasteiger partial charge in [-0.3, -0.25) is 4.79 Å². The Kier molecular flexibility index (Phi) is 5.42. The van der Waals surface area contributed by atoms with Crippen LogP contribution in [0.3, 0.4) is 0 Å². The molecule has 1 N–H and O–H groups in total. The van der Waals surface area contributed by atoms with Crippen molar-refractivity contribution in [3.8, 4) is 0 Å². The summed E-state index contributed by atoms with van der Waals surface area (Å²) in [6.07, 6.45) is 3.53. The van der Waals surface area contributed by atoms with Crippen molar-refractivity contribution in [1.29, 1.82) is 0 Å². The number of aromatic nitrogens is 2. The average Bonchev–Trinajstić information content (AvgIpc) is 2.74. The van der Waals surface area contributed by atoms with E-state index in [0.717, 1.165) is 54.6 Å². The molecule has 1 aromatic carbocycles. The normalized spacial score (nSPS) is 14.0. The lowest BCUT2D eigenvalue weighted by Gasteiger charge is -2.36.